The van der Waals surface area contributed by atoms with Crippen LogP contribution in [0.3, 0.4) is 0 Å². The molecule has 0 spiro atoms. The Labute approximate surface area is 629 Å². The molecule has 28 nitrogen and oxygen atoms in total. The maximum atomic E-state index is 14.8. The number of carbonyl (C=O) groups excluding carboxylic acids is 10. The number of sulfonamides is 2. The van der Waals surface area contributed by atoms with Gasteiger partial charge in [0.1, 0.15) is 12.2 Å². The molecule has 4 saturated carbocycles. The van der Waals surface area contributed by atoms with E-state index in [1.807, 2.05) is 38.2 Å². The largest absolute Gasteiger partial charge is 0.471 e. The summed E-state index contributed by atoms with van der Waals surface area (Å²) in [7, 11) is -1.88. The monoisotopic (exact) mass is 1530 g/mol. The Morgan fingerprint density at radius 2 is 0.870 bits per heavy atom. The number of ketones is 4. The third kappa shape index (κ3) is 17.4. The maximum Gasteiger partial charge on any atom is 0.289 e. The molecule has 6 fully saturated rings. The van der Waals surface area contributed by atoms with Crippen LogP contribution < -0.4 is 30.0 Å². The summed E-state index contributed by atoms with van der Waals surface area (Å²) < 4.78 is 71.5. The van der Waals surface area contributed by atoms with Gasteiger partial charge >= 0.3 is 0 Å². The predicted octanol–water partition coefficient (Wildman–Crippen LogP) is 6.03. The van der Waals surface area contributed by atoms with Crippen molar-refractivity contribution in [3.05, 3.63) is 93.5 Å². The minimum Gasteiger partial charge on any atom is -0.471 e. The van der Waals surface area contributed by atoms with Crippen LogP contribution in [0.15, 0.2) is 82.4 Å². The molecule has 2 aromatic carbocycles. The Hall–Kier alpha value is -8.80. The zero-order valence-corrected chi connectivity index (χ0v) is 64.9. The van der Waals surface area contributed by atoms with Crippen molar-refractivity contribution in [2.45, 2.75) is 205 Å². The molecule has 8 aliphatic rings. The lowest BCUT2D eigenvalue weighted by Crippen LogP contribution is -2.48. The highest BCUT2D eigenvalue weighted by Gasteiger charge is 2.63. The number of fused-ring (bicyclic) bond motifs is 6. The van der Waals surface area contributed by atoms with Crippen LogP contribution in [-0.2, 0) is 81.1 Å². The van der Waals surface area contributed by atoms with Crippen molar-refractivity contribution in [1.29, 1.82) is 0 Å². The molecule has 14 atom stereocenters. The summed E-state index contributed by atoms with van der Waals surface area (Å²) in [5.41, 5.74) is -3.17. The summed E-state index contributed by atoms with van der Waals surface area (Å²) in [6, 6.07) is 11.6. The smallest absolute Gasteiger partial charge is 0.289 e. The molecule has 4 aromatic rings. The molecule has 0 bridgehead atoms. The second-order valence-electron chi connectivity index (χ2n) is 32.0. The highest BCUT2D eigenvalue weighted by atomic mass is 32.2. The SMILES string of the molecule is CCn1nc(O[C@@H]2C[C@H]3C(=O)C[C@]4(C(=O)NS(=O)(=O)C5CC5)C[C@H]4/C=C\CC[C@@H](C)C[C@@H](C)[C@H](CC(=O)C(=O)N(C)C)C(=O)N3C2)c2ccccc2c1=O.CCn1nc(O[C@@H]2C[C@H]3C(=O)C[C@]4(C(=O)NS(=O)(=O)C5CC5)C[C@H]4/C=C\CC[C@H](C)C[C@@H](C)[C@H](CC(=O)C(=O)N(C)C)C(=O)N3C2)c2ccccc2c1=O. The van der Waals surface area contributed by atoms with E-state index in [-0.39, 0.29) is 136 Å². The normalized spacial score (nSPS) is 29.7. The maximum absolute atomic E-state index is 14.8. The van der Waals surface area contributed by atoms with Gasteiger partial charge in [-0.15, -0.1) is 10.2 Å². The van der Waals surface area contributed by atoms with Gasteiger partial charge in [-0.25, -0.2) is 26.2 Å². The van der Waals surface area contributed by atoms with Crippen molar-refractivity contribution in [2.24, 2.45) is 58.2 Å². The van der Waals surface area contributed by atoms with Gasteiger partial charge in [0, 0.05) is 91.6 Å². The zero-order valence-electron chi connectivity index (χ0n) is 63.3. The van der Waals surface area contributed by atoms with Gasteiger partial charge in [0.2, 0.25) is 67.0 Å². The van der Waals surface area contributed by atoms with Gasteiger partial charge in [-0.1, -0.05) is 76.3 Å². The number of nitrogens with one attached hydrogen (secondary N) is 2. The number of nitrogens with zero attached hydrogens (tertiary/aromatic N) is 8. The number of hydrogen-bond donors (Lipinski definition) is 2. The number of likely N-dealkylation sites (N-methyl/N-ethyl adjacent to an activating group) is 2. The molecular formula is C78H102N10O18S2. The minimum atomic E-state index is -3.89. The number of Topliss-reactive ketones (excluding diaryl/α,β-unsaturated/α-hetero) is 4. The highest BCUT2D eigenvalue weighted by Crippen LogP contribution is 2.59. The number of aromatic nitrogens is 4. The number of allylic oxidation sites excluding steroid dienone is 4. The molecule has 584 valence electrons. The third-order valence-corrected chi connectivity index (χ3v) is 26.9. The van der Waals surface area contributed by atoms with Crippen LogP contribution in [0.25, 0.3) is 21.5 Å². The van der Waals surface area contributed by atoms with Crippen LogP contribution in [-0.4, -0.2) is 191 Å². The molecule has 2 aromatic heterocycles. The van der Waals surface area contributed by atoms with E-state index in [9.17, 15) is 74.4 Å². The summed E-state index contributed by atoms with van der Waals surface area (Å²) in [5.74, 6) is -8.68. The predicted molar refractivity (Wildman–Crippen MR) is 399 cm³/mol. The lowest BCUT2D eigenvalue weighted by molar-refractivity contribution is -0.148. The number of benzene rings is 2. The Bertz CT molecular complexity index is 4370. The number of amides is 6. The number of rotatable bonds is 18. The van der Waals surface area contributed by atoms with Gasteiger partial charge in [-0.05, 0) is 151 Å². The van der Waals surface area contributed by atoms with Gasteiger partial charge in [0.05, 0.1) is 68.0 Å². The third-order valence-electron chi connectivity index (χ3n) is 23.3. The second kappa shape index (κ2) is 32.4. The van der Waals surface area contributed by atoms with E-state index < -0.39 is 136 Å². The number of carbonyl (C=O) groups is 10. The minimum absolute atomic E-state index is 0.0342. The van der Waals surface area contributed by atoms with Gasteiger partial charge in [-0.3, -0.25) is 67.0 Å². The fraction of sp³-hybridized carbons (Fsp3) is 0.615. The topological polar surface area (TPSA) is 364 Å². The van der Waals surface area contributed by atoms with Crippen LogP contribution in [0.1, 0.15) is 157 Å². The Balaban J connectivity index is 0.000000215. The van der Waals surface area contributed by atoms with Crippen LogP contribution >= 0.6 is 0 Å². The molecule has 4 aliphatic heterocycles. The highest BCUT2D eigenvalue weighted by molar-refractivity contribution is 7.91. The van der Waals surface area contributed by atoms with E-state index in [4.69, 9.17) is 9.47 Å². The molecule has 0 unspecified atom stereocenters. The number of ether oxygens (including phenoxy) is 2. The van der Waals surface area contributed by atoms with Crippen molar-refractivity contribution < 1.29 is 74.3 Å². The molecule has 108 heavy (non-hydrogen) atoms. The van der Waals surface area contributed by atoms with Gasteiger partial charge in [-0.2, -0.15) is 0 Å². The zero-order chi connectivity index (χ0) is 78.2. The summed E-state index contributed by atoms with van der Waals surface area (Å²) in [6.45, 7) is 11.9. The van der Waals surface area contributed by atoms with Crippen LogP contribution in [0.2, 0.25) is 0 Å². The van der Waals surface area contributed by atoms with E-state index in [1.165, 1.54) is 57.2 Å². The molecule has 30 heteroatoms. The lowest BCUT2D eigenvalue weighted by atomic mass is 9.81. The van der Waals surface area contributed by atoms with Gasteiger partial charge in [0.25, 0.3) is 22.9 Å². The van der Waals surface area contributed by atoms with Crippen molar-refractivity contribution in [2.75, 3.05) is 41.3 Å². The first-order valence-corrected chi connectivity index (χ1v) is 41.1. The molecule has 4 aliphatic carbocycles. The first-order valence-electron chi connectivity index (χ1n) is 38.1. The molecule has 12 rings (SSSR count). The first kappa shape index (κ1) is 80.2. The van der Waals surface area contributed by atoms with E-state index in [0.29, 0.717) is 72.9 Å². The summed E-state index contributed by atoms with van der Waals surface area (Å²) >= 11 is 0. The van der Waals surface area contributed by atoms with Gasteiger partial charge in [0.15, 0.2) is 11.6 Å². The fourth-order valence-electron chi connectivity index (χ4n) is 16.4. The Morgan fingerprint density at radius 3 is 1.20 bits per heavy atom. The number of hydrogen-bond acceptors (Lipinski definition) is 20. The average molecular weight is 1530 g/mol. The Morgan fingerprint density at radius 1 is 0.519 bits per heavy atom. The Kier molecular flexibility index (Phi) is 24.1. The second-order valence-corrected chi connectivity index (χ2v) is 35.9. The first-order chi connectivity index (χ1) is 51.1. The molecule has 2 saturated heterocycles. The van der Waals surface area contributed by atoms with Crippen molar-refractivity contribution in [3.8, 4) is 11.8 Å². The quantitative estimate of drug-likeness (QED) is 0.0848. The van der Waals surface area contributed by atoms with Crippen molar-refractivity contribution >= 4 is 100 Å². The molecule has 6 heterocycles. The van der Waals surface area contributed by atoms with Crippen LogP contribution in [0.4, 0.5) is 0 Å². The van der Waals surface area contributed by atoms with E-state index in [0.717, 1.165) is 12.8 Å². The van der Waals surface area contributed by atoms with Crippen LogP contribution in [0.5, 0.6) is 11.8 Å². The summed E-state index contributed by atoms with van der Waals surface area (Å²) in [6.07, 6.45) is 11.5. The molecule has 6 amide bonds. The summed E-state index contributed by atoms with van der Waals surface area (Å²) in [4.78, 5) is 170. The molecular weight excluding hydrogens is 1430 g/mol. The number of aryl methyl sites for hydroxylation is 2. The molecule has 0 radical (unpaired) electrons. The standard InChI is InChI=1S/2C39H51N5O9S/c2*1-6-44-36(48)29-14-10-9-13-28(29)34(40-44)53-26-18-31-33(46)21-39(38(50)41-54(51,52)27-15-16-27)20-25(39)12-8-7-11-23(2)17-24(3)30(35(47)43(31)22-26)19-32(45)37(49)42(4)5/h2*8-10,12-14,23-27,30-31H,6-7,11,15-22H2,1-5H3,(H,41,50)/b2*12-8-/t23-,24+,25+,26+,30-,31-,39+;23-,24-,25-,26-,30+,31+,39-/m01/s1. The van der Waals surface area contributed by atoms with E-state index >= 15 is 0 Å². The fourth-order valence-corrected chi connectivity index (χ4v) is 19.1. The van der Waals surface area contributed by atoms with Crippen molar-refractivity contribution in [1.82, 2.24) is 48.6 Å². The lowest BCUT2D eigenvalue weighted by Gasteiger charge is -2.32. The average Bonchev–Trinajstić information content (AvgIpc) is 1.58. The van der Waals surface area contributed by atoms with E-state index in [1.54, 1.807) is 62.4 Å². The van der Waals surface area contributed by atoms with Gasteiger partial charge < -0.3 is 29.1 Å². The summed E-state index contributed by atoms with van der Waals surface area (Å²) in [5, 5.41) is 9.43. The van der Waals surface area contributed by atoms with Crippen molar-refractivity contribution in [3.63, 3.8) is 0 Å². The van der Waals surface area contributed by atoms with Crippen LogP contribution in [0, 0.1) is 58.2 Å². The van der Waals surface area contributed by atoms with E-state index in [2.05, 4.69) is 33.5 Å². The molecule has 2 N–H and O–H groups in total.